The minimum atomic E-state index is -0.134. The van der Waals surface area contributed by atoms with E-state index in [0.29, 0.717) is 0 Å². The van der Waals surface area contributed by atoms with Gasteiger partial charge in [-0.3, -0.25) is 0 Å². The molecule has 0 aromatic heterocycles. The highest BCUT2D eigenvalue weighted by Gasteiger charge is 2.13. The molecule has 0 N–H and O–H groups in total. The van der Waals surface area contributed by atoms with Crippen molar-refractivity contribution in [3.05, 3.63) is 0 Å². The van der Waals surface area contributed by atoms with Gasteiger partial charge in [0.25, 0.3) is 0 Å². The summed E-state index contributed by atoms with van der Waals surface area (Å²) in [6.45, 7) is 3.05. The molecular weight excluding hydrogens is 140 g/mol. The molecule has 1 aliphatic rings. The van der Waals surface area contributed by atoms with Gasteiger partial charge in [0.1, 0.15) is 0 Å². The highest BCUT2D eigenvalue weighted by atomic mass is 28.2. The first-order valence-corrected chi connectivity index (χ1v) is 5.90. The highest BCUT2D eigenvalue weighted by molar-refractivity contribution is 6.29. The summed E-state index contributed by atoms with van der Waals surface area (Å²) < 4.78 is 5.51. The van der Waals surface area contributed by atoms with E-state index in [4.69, 9.17) is 4.43 Å². The lowest BCUT2D eigenvalue weighted by Crippen LogP contribution is -2.11. The zero-order valence-electron chi connectivity index (χ0n) is 6.94. The van der Waals surface area contributed by atoms with Crippen LogP contribution >= 0.6 is 0 Å². The molecule has 60 valence electrons. The summed E-state index contributed by atoms with van der Waals surface area (Å²) in [5.74, 6) is 0. The average Bonchev–Trinajstić information content (AvgIpc) is 2.03. The van der Waals surface area contributed by atoms with Gasteiger partial charge in [0, 0.05) is 6.61 Å². The first-order valence-electron chi connectivity index (χ1n) is 4.51. The fourth-order valence-corrected chi connectivity index (χ4v) is 3.12. The van der Waals surface area contributed by atoms with Gasteiger partial charge in [0.2, 0.25) is 0 Å². The van der Waals surface area contributed by atoms with E-state index in [1.165, 1.54) is 32.1 Å². The first-order chi connectivity index (χ1) is 4.93. The minimum Gasteiger partial charge on any atom is -0.424 e. The summed E-state index contributed by atoms with van der Waals surface area (Å²) in [5.41, 5.74) is 1.02. The van der Waals surface area contributed by atoms with Gasteiger partial charge in [-0.25, -0.2) is 0 Å². The van der Waals surface area contributed by atoms with E-state index >= 15 is 0 Å². The van der Waals surface area contributed by atoms with Crippen molar-refractivity contribution in [2.24, 2.45) is 0 Å². The van der Waals surface area contributed by atoms with Crippen LogP contribution in [-0.4, -0.2) is 16.4 Å². The third-order valence-corrected chi connectivity index (χ3v) is 4.21. The Labute approximate surface area is 66.1 Å². The molecule has 0 amide bonds. The van der Waals surface area contributed by atoms with Crippen molar-refractivity contribution >= 4 is 9.76 Å². The summed E-state index contributed by atoms with van der Waals surface area (Å²) >= 11 is 0. The second-order valence-corrected chi connectivity index (χ2v) is 5.06. The molecule has 0 unspecified atom stereocenters. The Balaban J connectivity index is 2.02. The molecule has 1 saturated carbocycles. The van der Waals surface area contributed by atoms with Crippen LogP contribution in [0.3, 0.4) is 0 Å². The Morgan fingerprint density at radius 1 is 1.30 bits per heavy atom. The summed E-state index contributed by atoms with van der Waals surface area (Å²) in [6, 6.07) is 0. The van der Waals surface area contributed by atoms with Crippen molar-refractivity contribution in [2.75, 3.05) is 6.61 Å². The molecule has 10 heavy (non-hydrogen) atoms. The molecule has 1 aliphatic carbocycles. The van der Waals surface area contributed by atoms with E-state index < -0.39 is 0 Å². The van der Waals surface area contributed by atoms with Crippen molar-refractivity contribution in [3.63, 3.8) is 0 Å². The van der Waals surface area contributed by atoms with E-state index in [1.54, 1.807) is 0 Å². The maximum absolute atomic E-state index is 5.51. The molecule has 0 spiro atoms. The second-order valence-electron chi connectivity index (χ2n) is 3.16. The van der Waals surface area contributed by atoms with Gasteiger partial charge in [-0.15, -0.1) is 0 Å². The lowest BCUT2D eigenvalue weighted by molar-refractivity contribution is 0.340. The molecular formula is C8H18OSi. The molecule has 1 fully saturated rings. The molecule has 0 radical (unpaired) electrons. The SMILES string of the molecule is CCO[SiH2]C1CCCCC1. The average molecular weight is 158 g/mol. The Hall–Kier alpha value is 0.177. The van der Waals surface area contributed by atoms with Crippen LogP contribution in [0.15, 0.2) is 0 Å². The molecule has 1 rings (SSSR count). The molecule has 2 heteroatoms. The third kappa shape index (κ3) is 2.84. The summed E-state index contributed by atoms with van der Waals surface area (Å²) in [5, 5.41) is 0. The standard InChI is InChI=1S/C8H18OSi/c1-2-9-10-8-6-4-3-5-7-8/h8H,2-7,10H2,1H3. The van der Waals surface area contributed by atoms with Crippen LogP contribution < -0.4 is 0 Å². The Morgan fingerprint density at radius 3 is 2.60 bits per heavy atom. The van der Waals surface area contributed by atoms with Crippen molar-refractivity contribution in [3.8, 4) is 0 Å². The van der Waals surface area contributed by atoms with Crippen molar-refractivity contribution in [2.45, 2.75) is 44.6 Å². The van der Waals surface area contributed by atoms with E-state index in [9.17, 15) is 0 Å². The summed E-state index contributed by atoms with van der Waals surface area (Å²) in [6.07, 6.45) is 7.32. The van der Waals surface area contributed by atoms with Crippen LogP contribution in [0.4, 0.5) is 0 Å². The highest BCUT2D eigenvalue weighted by Crippen LogP contribution is 2.27. The van der Waals surface area contributed by atoms with Gasteiger partial charge in [0.15, 0.2) is 9.76 Å². The quantitative estimate of drug-likeness (QED) is 0.570. The number of rotatable bonds is 3. The van der Waals surface area contributed by atoms with Gasteiger partial charge in [-0.1, -0.05) is 32.1 Å². The monoisotopic (exact) mass is 158 g/mol. The van der Waals surface area contributed by atoms with Crippen LogP contribution in [0.25, 0.3) is 0 Å². The predicted molar refractivity (Wildman–Crippen MR) is 47.0 cm³/mol. The van der Waals surface area contributed by atoms with Gasteiger partial charge >= 0.3 is 0 Å². The van der Waals surface area contributed by atoms with Crippen molar-refractivity contribution in [1.29, 1.82) is 0 Å². The Kier molecular flexibility index (Phi) is 4.06. The van der Waals surface area contributed by atoms with Gasteiger partial charge < -0.3 is 4.43 Å². The maximum atomic E-state index is 5.51. The van der Waals surface area contributed by atoms with Crippen molar-refractivity contribution < 1.29 is 4.43 Å². The smallest absolute Gasteiger partial charge is 0.164 e. The number of hydrogen-bond acceptors (Lipinski definition) is 1. The zero-order valence-corrected chi connectivity index (χ0v) is 8.35. The summed E-state index contributed by atoms with van der Waals surface area (Å²) in [7, 11) is -0.134. The molecule has 0 aromatic rings. The third-order valence-electron chi connectivity index (χ3n) is 2.28. The van der Waals surface area contributed by atoms with Gasteiger partial charge in [-0.05, 0) is 12.5 Å². The van der Waals surface area contributed by atoms with Gasteiger partial charge in [0.05, 0.1) is 0 Å². The lowest BCUT2D eigenvalue weighted by atomic mass is 10.0. The predicted octanol–water partition coefficient (Wildman–Crippen LogP) is 1.86. The Morgan fingerprint density at radius 2 is 2.00 bits per heavy atom. The van der Waals surface area contributed by atoms with Crippen LogP contribution in [-0.2, 0) is 4.43 Å². The molecule has 0 heterocycles. The largest absolute Gasteiger partial charge is 0.424 e. The second kappa shape index (κ2) is 4.91. The molecule has 0 bridgehead atoms. The van der Waals surface area contributed by atoms with Crippen LogP contribution in [0.1, 0.15) is 39.0 Å². The van der Waals surface area contributed by atoms with Crippen molar-refractivity contribution in [1.82, 2.24) is 0 Å². The molecule has 0 saturated heterocycles. The zero-order chi connectivity index (χ0) is 7.23. The Bertz CT molecular complexity index is 79.3. The minimum absolute atomic E-state index is 0.134. The lowest BCUT2D eigenvalue weighted by Gasteiger charge is -2.20. The molecule has 0 aliphatic heterocycles. The van der Waals surface area contributed by atoms with E-state index in [-0.39, 0.29) is 9.76 Å². The fourth-order valence-electron chi connectivity index (χ4n) is 1.64. The van der Waals surface area contributed by atoms with Gasteiger partial charge in [-0.2, -0.15) is 0 Å². The van der Waals surface area contributed by atoms with Crippen LogP contribution in [0.2, 0.25) is 5.54 Å². The maximum Gasteiger partial charge on any atom is 0.164 e. The molecule has 1 nitrogen and oxygen atoms in total. The number of hydrogen-bond donors (Lipinski definition) is 0. The van der Waals surface area contributed by atoms with Crippen LogP contribution in [0.5, 0.6) is 0 Å². The van der Waals surface area contributed by atoms with E-state index in [2.05, 4.69) is 6.92 Å². The molecule has 0 atom stereocenters. The normalized spacial score (nSPS) is 22.5. The fraction of sp³-hybridized carbons (Fsp3) is 1.00. The summed E-state index contributed by atoms with van der Waals surface area (Å²) in [4.78, 5) is 0. The topological polar surface area (TPSA) is 9.23 Å². The molecule has 0 aromatic carbocycles. The van der Waals surface area contributed by atoms with E-state index in [0.717, 1.165) is 12.1 Å². The van der Waals surface area contributed by atoms with Crippen LogP contribution in [0, 0.1) is 0 Å². The first kappa shape index (κ1) is 8.28. The van der Waals surface area contributed by atoms with E-state index in [1.807, 2.05) is 0 Å².